The van der Waals surface area contributed by atoms with Crippen molar-refractivity contribution in [2.75, 3.05) is 24.3 Å². The number of carbonyl (C=O) groups excluding carboxylic acids is 1. The Hall–Kier alpha value is -3.54. The van der Waals surface area contributed by atoms with E-state index < -0.39 is 37.8 Å². The summed E-state index contributed by atoms with van der Waals surface area (Å²) in [5.74, 6) is -2.35. The molecule has 0 saturated carbocycles. The number of carbonyl (C=O) groups is 2. The molecular formula is C32H40N2O7S2. The van der Waals surface area contributed by atoms with Gasteiger partial charge in [-0.15, -0.1) is 0 Å². The molecule has 0 heterocycles. The second-order valence-electron chi connectivity index (χ2n) is 10.7. The van der Waals surface area contributed by atoms with E-state index in [0.29, 0.717) is 30.5 Å². The number of sulfonamides is 1. The summed E-state index contributed by atoms with van der Waals surface area (Å²) in [4.78, 5) is 25.3. The Morgan fingerprint density at radius 2 is 1.56 bits per heavy atom. The molecule has 0 saturated heterocycles. The van der Waals surface area contributed by atoms with Gasteiger partial charge >= 0.3 is 5.97 Å². The number of hydrogen-bond donors (Lipinski definition) is 2. The second kappa shape index (κ2) is 15.3. The van der Waals surface area contributed by atoms with Gasteiger partial charge in [-0.3, -0.25) is 4.79 Å². The zero-order valence-corrected chi connectivity index (χ0v) is 26.5. The summed E-state index contributed by atoms with van der Waals surface area (Å²) in [6.07, 6.45) is 2.57. The van der Waals surface area contributed by atoms with Crippen LogP contribution in [-0.4, -0.2) is 68.5 Å². The minimum absolute atomic E-state index is 0.0352. The second-order valence-corrected chi connectivity index (χ2v) is 15.1. The van der Waals surface area contributed by atoms with Crippen LogP contribution in [0, 0.1) is 6.92 Å². The first kappa shape index (κ1) is 34.0. The van der Waals surface area contributed by atoms with Crippen molar-refractivity contribution in [3.63, 3.8) is 0 Å². The summed E-state index contributed by atoms with van der Waals surface area (Å²) in [6.45, 7) is 4.22. The third kappa shape index (κ3) is 10.3. The quantitative estimate of drug-likeness (QED) is 0.239. The zero-order valence-electron chi connectivity index (χ0n) is 24.8. The van der Waals surface area contributed by atoms with Crippen LogP contribution in [0.15, 0.2) is 72.8 Å². The van der Waals surface area contributed by atoms with Crippen molar-refractivity contribution in [2.24, 2.45) is 0 Å². The maximum Gasteiger partial charge on any atom is 0.326 e. The van der Waals surface area contributed by atoms with Crippen molar-refractivity contribution in [1.82, 2.24) is 9.62 Å². The highest BCUT2D eigenvalue weighted by Crippen LogP contribution is 2.29. The molecule has 0 bridgehead atoms. The van der Waals surface area contributed by atoms with E-state index in [1.54, 1.807) is 18.2 Å². The Labute approximate surface area is 254 Å². The molecule has 1 atom stereocenters. The average Bonchev–Trinajstić information content (AvgIpc) is 2.96. The predicted molar refractivity (Wildman–Crippen MR) is 169 cm³/mol. The molecule has 43 heavy (non-hydrogen) atoms. The van der Waals surface area contributed by atoms with Crippen LogP contribution in [-0.2, 0) is 37.6 Å². The molecule has 0 aliphatic carbocycles. The molecule has 2 N–H and O–H groups in total. The van der Waals surface area contributed by atoms with Gasteiger partial charge in [0, 0.05) is 24.9 Å². The van der Waals surface area contributed by atoms with E-state index >= 15 is 0 Å². The summed E-state index contributed by atoms with van der Waals surface area (Å²) in [5.41, 5.74) is 4.03. The van der Waals surface area contributed by atoms with Crippen molar-refractivity contribution >= 4 is 31.7 Å². The smallest absolute Gasteiger partial charge is 0.326 e. The first-order chi connectivity index (χ1) is 20.3. The molecule has 0 fully saturated rings. The van der Waals surface area contributed by atoms with E-state index in [9.17, 15) is 31.5 Å². The minimum atomic E-state index is -3.57. The molecule has 0 unspecified atom stereocenters. The number of hydrogen-bond acceptors (Lipinski definition) is 6. The van der Waals surface area contributed by atoms with Crippen LogP contribution in [0.1, 0.15) is 53.2 Å². The van der Waals surface area contributed by atoms with Crippen molar-refractivity contribution < 1.29 is 31.5 Å². The maximum absolute atomic E-state index is 13.4. The Morgan fingerprint density at radius 1 is 0.884 bits per heavy atom. The van der Waals surface area contributed by atoms with Crippen LogP contribution in [0.5, 0.6) is 0 Å². The van der Waals surface area contributed by atoms with Crippen molar-refractivity contribution in [2.45, 2.75) is 52.1 Å². The van der Waals surface area contributed by atoms with Crippen LogP contribution in [0.2, 0.25) is 0 Å². The fourth-order valence-electron chi connectivity index (χ4n) is 4.69. The van der Waals surface area contributed by atoms with Gasteiger partial charge in [0.2, 0.25) is 10.0 Å². The van der Waals surface area contributed by atoms with Crippen molar-refractivity contribution in [3.8, 4) is 11.1 Å². The lowest BCUT2D eigenvalue weighted by atomic mass is 9.93. The van der Waals surface area contributed by atoms with Crippen LogP contribution in [0.25, 0.3) is 11.1 Å². The molecule has 3 aromatic carbocycles. The highest BCUT2D eigenvalue weighted by Gasteiger charge is 2.26. The Kier molecular flexibility index (Phi) is 12.1. The SMILES string of the molecule is CCCCS(=O)(=O)N(CCc1ccccc1)Cc1ccc(C(=O)N[C@@H](CCS(C)(=O)=O)C(=O)O)c(-c2ccccc2C)c1. The normalized spacial score (nSPS) is 12.7. The largest absolute Gasteiger partial charge is 0.480 e. The number of aliphatic carboxylic acids is 1. The monoisotopic (exact) mass is 628 g/mol. The fourth-order valence-corrected chi connectivity index (χ4v) is 6.98. The van der Waals surface area contributed by atoms with E-state index in [1.807, 2.05) is 68.4 Å². The summed E-state index contributed by atoms with van der Waals surface area (Å²) in [6, 6.07) is 20.7. The van der Waals surface area contributed by atoms with Crippen LogP contribution < -0.4 is 5.32 Å². The molecular weight excluding hydrogens is 588 g/mol. The number of unbranched alkanes of at least 4 members (excludes halogenated alkanes) is 1. The fraction of sp³-hybridized carbons (Fsp3) is 0.375. The standard InChI is InChI=1S/C32H40N2O7S2/c1-4-5-20-43(40,41)34(19-17-25-12-7-6-8-13-25)23-26-15-16-28(29(22-26)27-14-10-9-11-24(27)2)31(35)33-30(32(36)37)18-21-42(3,38)39/h6-16,22,30H,4-5,17-21,23H2,1-3H3,(H,33,35)(H,36,37)/t30-/m0/s1. The van der Waals surface area contributed by atoms with E-state index in [1.165, 1.54) is 4.31 Å². The number of carboxylic acid groups (broad SMARTS) is 1. The highest BCUT2D eigenvalue weighted by atomic mass is 32.2. The molecule has 1 amide bonds. The first-order valence-corrected chi connectivity index (χ1v) is 17.9. The lowest BCUT2D eigenvalue weighted by molar-refractivity contribution is -0.139. The number of carboxylic acids is 1. The third-order valence-corrected chi connectivity index (χ3v) is 10.0. The summed E-state index contributed by atoms with van der Waals surface area (Å²) in [7, 11) is -7.01. The minimum Gasteiger partial charge on any atom is -0.480 e. The Bertz CT molecular complexity index is 1620. The molecule has 0 spiro atoms. The van der Waals surface area contributed by atoms with Gasteiger partial charge in [-0.2, -0.15) is 4.31 Å². The number of nitrogens with zero attached hydrogens (tertiary/aromatic N) is 1. The Morgan fingerprint density at radius 3 is 2.19 bits per heavy atom. The number of rotatable bonds is 16. The Balaban J connectivity index is 1.99. The molecule has 0 radical (unpaired) electrons. The van der Waals surface area contributed by atoms with Crippen molar-refractivity contribution in [1.29, 1.82) is 0 Å². The molecule has 0 aromatic heterocycles. The number of aryl methyl sites for hydroxylation is 1. The van der Waals surface area contributed by atoms with Gasteiger partial charge in [0.05, 0.1) is 11.5 Å². The zero-order chi connectivity index (χ0) is 31.6. The van der Waals surface area contributed by atoms with E-state index in [0.717, 1.165) is 29.4 Å². The number of amides is 1. The van der Waals surface area contributed by atoms with Crippen molar-refractivity contribution in [3.05, 3.63) is 95.1 Å². The lowest BCUT2D eigenvalue weighted by Gasteiger charge is -2.23. The summed E-state index contributed by atoms with van der Waals surface area (Å²) >= 11 is 0. The van der Waals surface area contributed by atoms with Crippen LogP contribution in [0.4, 0.5) is 0 Å². The highest BCUT2D eigenvalue weighted by molar-refractivity contribution is 7.90. The predicted octanol–water partition coefficient (Wildman–Crippen LogP) is 4.45. The van der Waals surface area contributed by atoms with Crippen LogP contribution in [0.3, 0.4) is 0 Å². The number of benzene rings is 3. The molecule has 9 nitrogen and oxygen atoms in total. The van der Waals surface area contributed by atoms with Gasteiger partial charge in [0.1, 0.15) is 15.9 Å². The first-order valence-electron chi connectivity index (χ1n) is 14.2. The van der Waals surface area contributed by atoms with Gasteiger partial charge in [0.15, 0.2) is 0 Å². The van der Waals surface area contributed by atoms with Gasteiger partial charge in [-0.05, 0) is 66.1 Å². The van der Waals surface area contributed by atoms with Gasteiger partial charge in [0.25, 0.3) is 5.91 Å². The summed E-state index contributed by atoms with van der Waals surface area (Å²) in [5, 5.41) is 12.1. The molecule has 11 heteroatoms. The summed E-state index contributed by atoms with van der Waals surface area (Å²) < 4.78 is 51.5. The lowest BCUT2D eigenvalue weighted by Crippen LogP contribution is -2.42. The molecule has 0 aliphatic heterocycles. The molecule has 3 rings (SSSR count). The van der Waals surface area contributed by atoms with E-state index in [2.05, 4.69) is 5.32 Å². The maximum atomic E-state index is 13.4. The number of sulfone groups is 1. The van der Waals surface area contributed by atoms with Gasteiger partial charge in [-0.25, -0.2) is 21.6 Å². The van der Waals surface area contributed by atoms with Gasteiger partial charge in [-0.1, -0.05) is 74.0 Å². The molecule has 0 aliphatic rings. The molecule has 232 valence electrons. The van der Waals surface area contributed by atoms with E-state index in [4.69, 9.17) is 0 Å². The van der Waals surface area contributed by atoms with Gasteiger partial charge < -0.3 is 10.4 Å². The average molecular weight is 629 g/mol. The van der Waals surface area contributed by atoms with Crippen LogP contribution >= 0.6 is 0 Å². The topological polar surface area (TPSA) is 138 Å². The molecule has 3 aromatic rings. The third-order valence-electron chi connectivity index (χ3n) is 7.15. The number of nitrogens with one attached hydrogen (secondary N) is 1. The van der Waals surface area contributed by atoms with E-state index in [-0.39, 0.29) is 30.0 Å².